The van der Waals surface area contributed by atoms with Crippen molar-refractivity contribution in [1.82, 2.24) is 19.5 Å². The molecule has 1 aromatic carbocycles. The summed E-state index contributed by atoms with van der Waals surface area (Å²) in [5.74, 6) is -0.320. The smallest absolute Gasteiger partial charge is 0.303 e. The van der Waals surface area contributed by atoms with Crippen LogP contribution in [-0.4, -0.2) is 69.4 Å². The molecule has 1 aliphatic heterocycles. The predicted octanol–water partition coefficient (Wildman–Crippen LogP) is 2.00. The molecule has 0 radical (unpaired) electrons. The Kier molecular flexibility index (Phi) is 7.91. The average Bonchev–Trinajstić information content (AvgIpc) is 3.40. The summed E-state index contributed by atoms with van der Waals surface area (Å²) in [7, 11) is 1.44. The summed E-state index contributed by atoms with van der Waals surface area (Å²) in [6, 6.07) is 8.09. The molecule has 4 rings (SSSR count). The SMILES string of the molecule is CO[C@@H]1[C@H](OC(C)=O)[C@@H](COC(C)=O)O[C@H]1n1cnc2c(=O)[nH]c(NCSc3ccc(C)cc3)nc21. The maximum atomic E-state index is 12.7. The number of hydrogen-bond donors (Lipinski definition) is 2. The molecule has 13 heteroatoms. The van der Waals surface area contributed by atoms with Crippen molar-refractivity contribution in [3.8, 4) is 0 Å². The summed E-state index contributed by atoms with van der Waals surface area (Å²) >= 11 is 1.55. The van der Waals surface area contributed by atoms with Gasteiger partial charge in [-0.05, 0) is 19.1 Å². The summed E-state index contributed by atoms with van der Waals surface area (Å²) < 4.78 is 23.7. The zero-order valence-electron chi connectivity index (χ0n) is 20.2. The minimum absolute atomic E-state index is 0.109. The lowest BCUT2D eigenvalue weighted by atomic mass is 10.1. The van der Waals surface area contributed by atoms with Crippen LogP contribution in [0.15, 0.2) is 40.3 Å². The molecule has 12 nitrogen and oxygen atoms in total. The third-order valence-electron chi connectivity index (χ3n) is 5.52. The van der Waals surface area contributed by atoms with Crippen LogP contribution < -0.4 is 10.9 Å². The normalized spacial score (nSPS) is 21.4. The van der Waals surface area contributed by atoms with E-state index in [-0.39, 0.29) is 23.7 Å². The van der Waals surface area contributed by atoms with Gasteiger partial charge in [-0.1, -0.05) is 17.7 Å². The molecule has 0 bridgehead atoms. The highest BCUT2D eigenvalue weighted by Crippen LogP contribution is 2.35. The maximum absolute atomic E-state index is 12.7. The van der Waals surface area contributed by atoms with Crippen LogP contribution in [0.2, 0.25) is 0 Å². The van der Waals surface area contributed by atoms with E-state index < -0.39 is 42.0 Å². The van der Waals surface area contributed by atoms with Gasteiger partial charge >= 0.3 is 11.9 Å². The molecule has 1 aliphatic rings. The second-order valence-corrected chi connectivity index (χ2v) is 9.21. The number of H-pyrrole nitrogens is 1. The highest BCUT2D eigenvalue weighted by Gasteiger charge is 2.49. The predicted molar refractivity (Wildman–Crippen MR) is 131 cm³/mol. The lowest BCUT2D eigenvalue weighted by molar-refractivity contribution is -0.157. The Morgan fingerprint density at radius 1 is 1.19 bits per heavy atom. The number of anilines is 1. The van der Waals surface area contributed by atoms with Crippen molar-refractivity contribution in [2.45, 2.75) is 50.2 Å². The molecule has 3 aromatic rings. The number of hydrogen-bond acceptors (Lipinski definition) is 11. The van der Waals surface area contributed by atoms with Crippen molar-refractivity contribution in [2.75, 3.05) is 24.9 Å². The number of carbonyl (C=O) groups excluding carboxylic acids is 2. The quantitative estimate of drug-likeness (QED) is 0.244. The monoisotopic (exact) mass is 517 g/mol. The Balaban J connectivity index is 1.58. The first-order valence-corrected chi connectivity index (χ1v) is 12.1. The molecule has 0 unspecified atom stereocenters. The van der Waals surface area contributed by atoms with Crippen molar-refractivity contribution in [3.05, 3.63) is 46.5 Å². The van der Waals surface area contributed by atoms with E-state index in [1.807, 2.05) is 31.2 Å². The number of aryl methyl sites for hydroxylation is 1. The first kappa shape index (κ1) is 25.7. The van der Waals surface area contributed by atoms with Crippen molar-refractivity contribution in [3.63, 3.8) is 0 Å². The van der Waals surface area contributed by atoms with Crippen molar-refractivity contribution in [2.24, 2.45) is 0 Å². The largest absolute Gasteiger partial charge is 0.463 e. The molecule has 3 heterocycles. The molecule has 192 valence electrons. The van der Waals surface area contributed by atoms with E-state index in [0.29, 0.717) is 5.88 Å². The van der Waals surface area contributed by atoms with Gasteiger partial charge in [0.1, 0.15) is 18.8 Å². The molecule has 1 fully saturated rings. The molecule has 2 aromatic heterocycles. The van der Waals surface area contributed by atoms with Gasteiger partial charge in [-0.3, -0.25) is 23.9 Å². The van der Waals surface area contributed by atoms with Crippen molar-refractivity contribution < 1.29 is 28.5 Å². The van der Waals surface area contributed by atoms with Gasteiger partial charge in [-0.2, -0.15) is 4.98 Å². The molecule has 0 saturated carbocycles. The Morgan fingerprint density at radius 3 is 2.61 bits per heavy atom. The fourth-order valence-electron chi connectivity index (χ4n) is 3.87. The number of nitrogens with zero attached hydrogens (tertiary/aromatic N) is 3. The zero-order chi connectivity index (χ0) is 25.8. The summed E-state index contributed by atoms with van der Waals surface area (Å²) in [5, 5.41) is 3.11. The van der Waals surface area contributed by atoms with E-state index >= 15 is 0 Å². The second-order valence-electron chi connectivity index (χ2n) is 8.16. The first-order valence-electron chi connectivity index (χ1n) is 11.2. The number of imidazole rings is 1. The third kappa shape index (κ3) is 5.69. The average molecular weight is 518 g/mol. The van der Waals surface area contributed by atoms with E-state index in [0.717, 1.165) is 4.90 Å². The van der Waals surface area contributed by atoms with Crippen LogP contribution in [0.3, 0.4) is 0 Å². The maximum Gasteiger partial charge on any atom is 0.303 e. The molecule has 1 saturated heterocycles. The van der Waals surface area contributed by atoms with Gasteiger partial charge in [0.15, 0.2) is 23.5 Å². The minimum Gasteiger partial charge on any atom is -0.463 e. The molecular formula is C23H27N5O7S. The topological polar surface area (TPSA) is 147 Å². The van der Waals surface area contributed by atoms with E-state index in [1.165, 1.54) is 32.8 Å². The Bertz CT molecular complexity index is 1290. The molecular weight excluding hydrogens is 490 g/mol. The first-order chi connectivity index (χ1) is 17.3. The number of nitrogens with one attached hydrogen (secondary N) is 2. The van der Waals surface area contributed by atoms with Crippen LogP contribution in [0.4, 0.5) is 5.95 Å². The number of methoxy groups -OCH3 is 1. The van der Waals surface area contributed by atoms with E-state index in [9.17, 15) is 14.4 Å². The Labute approximate surface area is 210 Å². The van der Waals surface area contributed by atoms with E-state index in [1.54, 1.807) is 16.3 Å². The van der Waals surface area contributed by atoms with Gasteiger partial charge in [0.05, 0.1) is 12.2 Å². The van der Waals surface area contributed by atoms with Crippen LogP contribution >= 0.6 is 11.8 Å². The number of benzene rings is 1. The van der Waals surface area contributed by atoms with Crippen molar-refractivity contribution >= 4 is 40.8 Å². The molecule has 36 heavy (non-hydrogen) atoms. The zero-order valence-corrected chi connectivity index (χ0v) is 21.0. The summed E-state index contributed by atoms with van der Waals surface area (Å²) in [4.78, 5) is 48.2. The second kappa shape index (κ2) is 11.1. The number of aromatic nitrogens is 4. The molecule has 0 aliphatic carbocycles. The van der Waals surface area contributed by atoms with Gasteiger partial charge in [-0.15, -0.1) is 11.8 Å². The summed E-state index contributed by atoms with van der Waals surface area (Å²) in [5.41, 5.74) is 1.11. The molecule has 2 N–H and O–H groups in total. The van der Waals surface area contributed by atoms with E-state index in [2.05, 4.69) is 20.3 Å². The molecule has 4 atom stereocenters. The summed E-state index contributed by atoms with van der Waals surface area (Å²) in [6.45, 7) is 4.41. The standard InChI is InChI=1S/C23H27N5O7S/c1-12-5-7-15(8-6-12)36-11-25-23-26-20-17(21(31)27-23)24-10-28(20)22-19(32-4)18(34-14(3)30)16(35-22)9-33-13(2)29/h5-8,10,16,18-19,22H,9,11H2,1-4H3,(H2,25,26,27,31)/t16-,18-,19-,22-/m1/s1. The Hall–Kier alpha value is -3.42. The molecule has 0 amide bonds. The molecule has 0 spiro atoms. The van der Waals surface area contributed by atoms with Crippen LogP contribution in [-0.2, 0) is 28.5 Å². The third-order valence-corrected chi connectivity index (χ3v) is 6.41. The lowest BCUT2D eigenvalue weighted by Gasteiger charge is -2.22. The number of thioether (sulfide) groups is 1. The number of carbonyl (C=O) groups is 2. The fourth-order valence-corrected chi connectivity index (χ4v) is 4.57. The van der Waals surface area contributed by atoms with Gasteiger partial charge in [0.2, 0.25) is 5.95 Å². The fraction of sp³-hybridized carbons (Fsp3) is 0.435. The van der Waals surface area contributed by atoms with Gasteiger partial charge in [0, 0.05) is 25.9 Å². The van der Waals surface area contributed by atoms with Gasteiger partial charge in [-0.25, -0.2) is 4.98 Å². The minimum atomic E-state index is -0.861. The van der Waals surface area contributed by atoms with Crippen LogP contribution in [0.25, 0.3) is 11.2 Å². The summed E-state index contributed by atoms with van der Waals surface area (Å²) in [6.07, 6.45) is -1.88. The number of fused-ring (bicyclic) bond motifs is 1. The lowest BCUT2D eigenvalue weighted by Crippen LogP contribution is -2.39. The number of esters is 2. The van der Waals surface area contributed by atoms with Crippen LogP contribution in [0, 0.1) is 6.92 Å². The number of aromatic amines is 1. The Morgan fingerprint density at radius 2 is 1.94 bits per heavy atom. The van der Waals surface area contributed by atoms with Crippen molar-refractivity contribution in [1.29, 1.82) is 0 Å². The van der Waals surface area contributed by atoms with Crippen LogP contribution in [0.1, 0.15) is 25.6 Å². The highest BCUT2D eigenvalue weighted by atomic mass is 32.2. The van der Waals surface area contributed by atoms with Gasteiger partial charge < -0.3 is 24.3 Å². The van der Waals surface area contributed by atoms with Gasteiger partial charge in [0.25, 0.3) is 5.56 Å². The highest BCUT2D eigenvalue weighted by molar-refractivity contribution is 7.99. The number of ether oxygens (including phenoxy) is 4. The van der Waals surface area contributed by atoms with Crippen LogP contribution in [0.5, 0.6) is 0 Å². The van der Waals surface area contributed by atoms with E-state index in [4.69, 9.17) is 18.9 Å². The number of rotatable bonds is 9.